The largest absolute Gasteiger partial charge is 0.357 e. The molecular formula is C10H15N5. The number of anilines is 1. The van der Waals surface area contributed by atoms with E-state index < -0.39 is 0 Å². The van der Waals surface area contributed by atoms with Crippen molar-refractivity contribution < 1.29 is 0 Å². The molecule has 80 valence electrons. The van der Waals surface area contributed by atoms with Gasteiger partial charge in [0.15, 0.2) is 0 Å². The predicted molar refractivity (Wildman–Crippen MR) is 59.2 cm³/mol. The maximum atomic E-state index is 7.54. The van der Waals surface area contributed by atoms with E-state index in [-0.39, 0.29) is 0 Å². The first-order chi connectivity index (χ1) is 7.27. The summed E-state index contributed by atoms with van der Waals surface area (Å²) in [5.41, 5.74) is 0. The smallest absolute Gasteiger partial charge is 0.132 e. The highest BCUT2D eigenvalue weighted by atomic mass is 15.3. The number of amidine groups is 1. The van der Waals surface area contributed by atoms with Crippen LogP contribution in [0, 0.1) is 5.41 Å². The molecule has 0 spiro atoms. The van der Waals surface area contributed by atoms with Crippen molar-refractivity contribution in [3.05, 3.63) is 18.6 Å². The number of nitrogens with zero attached hydrogens (tertiary/aromatic N) is 4. The standard InChI is InChI=1S/C10H15N5/c1-9(11)14-4-6-15(7-5-14)10-2-3-12-8-13-10/h2-3,8,11H,4-7H2,1H3. The molecule has 0 amide bonds. The Morgan fingerprint density at radius 1 is 1.33 bits per heavy atom. The zero-order valence-corrected chi connectivity index (χ0v) is 8.85. The second-order valence-corrected chi connectivity index (χ2v) is 3.63. The average molecular weight is 205 g/mol. The summed E-state index contributed by atoms with van der Waals surface area (Å²) in [6, 6.07) is 1.92. The molecule has 1 aromatic heterocycles. The van der Waals surface area contributed by atoms with Gasteiger partial charge >= 0.3 is 0 Å². The fraction of sp³-hybridized carbons (Fsp3) is 0.500. The number of hydrogen-bond donors (Lipinski definition) is 1. The first-order valence-electron chi connectivity index (χ1n) is 5.08. The van der Waals surface area contributed by atoms with Gasteiger partial charge in [-0.1, -0.05) is 0 Å². The van der Waals surface area contributed by atoms with Crippen LogP contribution in [0.3, 0.4) is 0 Å². The molecule has 0 aliphatic carbocycles. The molecule has 0 aromatic carbocycles. The molecule has 0 atom stereocenters. The van der Waals surface area contributed by atoms with Crippen LogP contribution in [-0.4, -0.2) is 46.9 Å². The maximum Gasteiger partial charge on any atom is 0.132 e. The minimum absolute atomic E-state index is 0.650. The Labute approximate surface area is 89.3 Å². The van der Waals surface area contributed by atoms with E-state index in [2.05, 4.69) is 19.8 Å². The number of nitrogens with one attached hydrogen (secondary N) is 1. The quantitative estimate of drug-likeness (QED) is 0.538. The molecule has 1 fully saturated rings. The molecule has 0 radical (unpaired) electrons. The van der Waals surface area contributed by atoms with E-state index in [0.717, 1.165) is 32.0 Å². The van der Waals surface area contributed by atoms with Gasteiger partial charge in [0, 0.05) is 32.4 Å². The van der Waals surface area contributed by atoms with Crippen LogP contribution in [0.4, 0.5) is 5.82 Å². The fourth-order valence-corrected chi connectivity index (χ4v) is 1.74. The molecule has 1 saturated heterocycles. The lowest BCUT2D eigenvalue weighted by atomic mass is 10.3. The van der Waals surface area contributed by atoms with Gasteiger partial charge in [0.1, 0.15) is 12.1 Å². The van der Waals surface area contributed by atoms with Crippen LogP contribution in [0.2, 0.25) is 0 Å². The van der Waals surface area contributed by atoms with E-state index >= 15 is 0 Å². The van der Waals surface area contributed by atoms with Crippen LogP contribution in [0.25, 0.3) is 0 Å². The fourth-order valence-electron chi connectivity index (χ4n) is 1.74. The molecule has 1 aliphatic rings. The second-order valence-electron chi connectivity index (χ2n) is 3.63. The molecule has 5 nitrogen and oxygen atoms in total. The Morgan fingerprint density at radius 3 is 2.60 bits per heavy atom. The molecular weight excluding hydrogens is 190 g/mol. The predicted octanol–water partition coefficient (Wildman–Crippen LogP) is 0.596. The van der Waals surface area contributed by atoms with Crippen LogP contribution >= 0.6 is 0 Å². The summed E-state index contributed by atoms with van der Waals surface area (Å²) in [6.07, 6.45) is 3.33. The highest BCUT2D eigenvalue weighted by molar-refractivity contribution is 5.76. The molecule has 5 heteroatoms. The summed E-state index contributed by atoms with van der Waals surface area (Å²) in [5.74, 6) is 1.63. The minimum atomic E-state index is 0.650. The van der Waals surface area contributed by atoms with E-state index in [1.54, 1.807) is 12.5 Å². The Hall–Kier alpha value is -1.65. The number of aromatic nitrogens is 2. The molecule has 1 aliphatic heterocycles. The van der Waals surface area contributed by atoms with Crippen LogP contribution in [-0.2, 0) is 0 Å². The third-order valence-electron chi connectivity index (χ3n) is 2.64. The molecule has 15 heavy (non-hydrogen) atoms. The molecule has 2 heterocycles. The molecule has 0 saturated carbocycles. The van der Waals surface area contributed by atoms with Gasteiger partial charge in [-0.3, -0.25) is 5.41 Å². The number of piperazine rings is 1. The first-order valence-corrected chi connectivity index (χ1v) is 5.08. The zero-order chi connectivity index (χ0) is 10.7. The van der Waals surface area contributed by atoms with Gasteiger partial charge in [-0.05, 0) is 13.0 Å². The van der Waals surface area contributed by atoms with Crippen molar-refractivity contribution in [2.24, 2.45) is 0 Å². The molecule has 0 unspecified atom stereocenters. The summed E-state index contributed by atoms with van der Waals surface area (Å²) in [5, 5.41) is 7.54. The van der Waals surface area contributed by atoms with Crippen molar-refractivity contribution in [1.29, 1.82) is 5.41 Å². The van der Waals surface area contributed by atoms with Gasteiger partial charge in [0.05, 0.1) is 5.84 Å². The topological polar surface area (TPSA) is 56.1 Å². The van der Waals surface area contributed by atoms with Gasteiger partial charge in [-0.15, -0.1) is 0 Å². The third-order valence-corrected chi connectivity index (χ3v) is 2.64. The molecule has 1 aromatic rings. The number of rotatable bonds is 1. The van der Waals surface area contributed by atoms with Crippen molar-refractivity contribution >= 4 is 11.7 Å². The summed E-state index contributed by atoms with van der Waals surface area (Å²) in [4.78, 5) is 12.4. The van der Waals surface area contributed by atoms with Crippen molar-refractivity contribution in [1.82, 2.24) is 14.9 Å². The van der Waals surface area contributed by atoms with E-state index in [0.29, 0.717) is 5.84 Å². The van der Waals surface area contributed by atoms with E-state index in [1.165, 1.54) is 0 Å². The number of hydrogen-bond acceptors (Lipinski definition) is 4. The van der Waals surface area contributed by atoms with Crippen LogP contribution in [0.5, 0.6) is 0 Å². The third kappa shape index (κ3) is 2.23. The van der Waals surface area contributed by atoms with Crippen LogP contribution in [0.1, 0.15) is 6.92 Å². The second kappa shape index (κ2) is 4.25. The first kappa shape index (κ1) is 9.89. The lowest BCUT2D eigenvalue weighted by molar-refractivity contribution is 0.380. The Kier molecular flexibility index (Phi) is 2.80. The van der Waals surface area contributed by atoms with Gasteiger partial charge < -0.3 is 9.80 Å². The van der Waals surface area contributed by atoms with Crippen molar-refractivity contribution in [2.45, 2.75) is 6.92 Å². The van der Waals surface area contributed by atoms with Gasteiger partial charge in [0.25, 0.3) is 0 Å². The van der Waals surface area contributed by atoms with Crippen LogP contribution < -0.4 is 4.90 Å². The monoisotopic (exact) mass is 205 g/mol. The highest BCUT2D eigenvalue weighted by Gasteiger charge is 2.17. The molecule has 1 N–H and O–H groups in total. The Morgan fingerprint density at radius 2 is 2.07 bits per heavy atom. The van der Waals surface area contributed by atoms with E-state index in [1.807, 2.05) is 13.0 Å². The lowest BCUT2D eigenvalue weighted by Crippen LogP contribution is -2.48. The van der Waals surface area contributed by atoms with Gasteiger partial charge in [-0.25, -0.2) is 9.97 Å². The summed E-state index contributed by atoms with van der Waals surface area (Å²) in [7, 11) is 0. The van der Waals surface area contributed by atoms with Crippen molar-refractivity contribution in [3.63, 3.8) is 0 Å². The highest BCUT2D eigenvalue weighted by Crippen LogP contribution is 2.11. The van der Waals surface area contributed by atoms with Gasteiger partial charge in [0.2, 0.25) is 0 Å². The lowest BCUT2D eigenvalue weighted by Gasteiger charge is -2.35. The molecule has 2 rings (SSSR count). The summed E-state index contributed by atoms with van der Waals surface area (Å²) >= 11 is 0. The Bertz CT molecular complexity index is 329. The zero-order valence-electron chi connectivity index (χ0n) is 8.85. The van der Waals surface area contributed by atoms with Gasteiger partial charge in [-0.2, -0.15) is 0 Å². The SMILES string of the molecule is CC(=N)N1CCN(c2ccncn2)CC1. The Balaban J connectivity index is 1.97. The average Bonchev–Trinajstić information content (AvgIpc) is 2.30. The summed E-state index contributed by atoms with van der Waals surface area (Å²) < 4.78 is 0. The van der Waals surface area contributed by atoms with Crippen molar-refractivity contribution in [3.8, 4) is 0 Å². The van der Waals surface area contributed by atoms with E-state index in [4.69, 9.17) is 5.41 Å². The van der Waals surface area contributed by atoms with Crippen molar-refractivity contribution in [2.75, 3.05) is 31.1 Å². The summed E-state index contributed by atoms with van der Waals surface area (Å²) in [6.45, 7) is 5.49. The maximum absolute atomic E-state index is 7.54. The molecule has 0 bridgehead atoms. The van der Waals surface area contributed by atoms with E-state index in [9.17, 15) is 0 Å². The van der Waals surface area contributed by atoms with Crippen LogP contribution in [0.15, 0.2) is 18.6 Å². The minimum Gasteiger partial charge on any atom is -0.357 e. The normalized spacial score (nSPS) is 16.6.